The maximum absolute atomic E-state index is 12.8. The summed E-state index contributed by atoms with van der Waals surface area (Å²) in [6, 6.07) is 21.7. The summed E-state index contributed by atoms with van der Waals surface area (Å²) in [6.45, 7) is 7.48. The second kappa shape index (κ2) is 16.9. The summed E-state index contributed by atoms with van der Waals surface area (Å²) in [5, 5.41) is 17.8. The van der Waals surface area contributed by atoms with Gasteiger partial charge in [0.2, 0.25) is 5.91 Å². The van der Waals surface area contributed by atoms with E-state index in [4.69, 9.17) is 10.1 Å². The van der Waals surface area contributed by atoms with Gasteiger partial charge in [0, 0.05) is 62.9 Å². The first-order valence-corrected chi connectivity index (χ1v) is 21.4. The molecule has 4 saturated carbocycles. The first-order valence-electron chi connectivity index (χ1n) is 21.4. The van der Waals surface area contributed by atoms with E-state index in [1.54, 1.807) is 0 Å². The van der Waals surface area contributed by atoms with Crippen LogP contribution in [-0.2, 0) is 11.2 Å². The highest BCUT2D eigenvalue weighted by Crippen LogP contribution is 2.61. The Morgan fingerprint density at radius 1 is 0.815 bits per heavy atom. The Bertz CT molecular complexity index is 1810. The number of amides is 1. The average Bonchev–Trinajstić information content (AvgIpc) is 3.51. The molecular formula is C46H62N6O2. The number of benzene rings is 2. The van der Waals surface area contributed by atoms with E-state index in [9.17, 15) is 9.90 Å². The van der Waals surface area contributed by atoms with Crippen LogP contribution in [0.1, 0.15) is 101 Å². The topological polar surface area (TPSA) is 86.0 Å². The van der Waals surface area contributed by atoms with Gasteiger partial charge in [-0.05, 0) is 99.0 Å². The molecule has 3 heterocycles. The van der Waals surface area contributed by atoms with Gasteiger partial charge in [-0.15, -0.1) is 0 Å². The van der Waals surface area contributed by atoms with E-state index >= 15 is 0 Å². The smallest absolute Gasteiger partial charge is 0.220 e. The van der Waals surface area contributed by atoms with Gasteiger partial charge in [-0.2, -0.15) is 9.61 Å². The minimum atomic E-state index is 0.197. The van der Waals surface area contributed by atoms with Gasteiger partial charge >= 0.3 is 0 Å². The first kappa shape index (κ1) is 37.2. The number of hydrogen-bond acceptors (Lipinski definition) is 6. The van der Waals surface area contributed by atoms with Crippen LogP contribution in [0.15, 0.2) is 60.7 Å². The summed E-state index contributed by atoms with van der Waals surface area (Å²) in [5.41, 5.74) is 7.94. The molecule has 4 bridgehead atoms. The fourth-order valence-corrected chi connectivity index (χ4v) is 11.1. The van der Waals surface area contributed by atoms with Crippen LogP contribution in [0.3, 0.4) is 0 Å². The van der Waals surface area contributed by atoms with E-state index < -0.39 is 0 Å². The molecule has 1 saturated heterocycles. The zero-order valence-electron chi connectivity index (χ0n) is 32.7. The molecule has 288 valence electrons. The number of carbonyl (C=O) groups excluding carboxylic acids is 1. The monoisotopic (exact) mass is 730 g/mol. The number of aryl methyl sites for hydroxylation is 2. The third-order valence-electron chi connectivity index (χ3n) is 13.3. The predicted molar refractivity (Wildman–Crippen MR) is 219 cm³/mol. The quantitative estimate of drug-likeness (QED) is 0.106. The Labute approximate surface area is 322 Å². The molecule has 1 aliphatic heterocycles. The van der Waals surface area contributed by atoms with Crippen molar-refractivity contribution < 1.29 is 9.90 Å². The molecule has 0 spiro atoms. The summed E-state index contributed by atoms with van der Waals surface area (Å²) in [4.78, 5) is 22.8. The molecule has 0 unspecified atom stereocenters. The van der Waals surface area contributed by atoms with Gasteiger partial charge < -0.3 is 15.3 Å². The fourth-order valence-electron chi connectivity index (χ4n) is 11.1. The SMILES string of the molecule is Cc1nn2c(N3CCN(CCO)CC3)cc(-c3ccccc3)nc2c1-c1ccc(CCCCCCCCCNC(=O)CC23CC4CC(CC(C4)C2)C3)cc1. The number of aliphatic hydroxyl groups is 1. The zero-order valence-corrected chi connectivity index (χ0v) is 32.7. The number of nitrogens with zero attached hydrogens (tertiary/aromatic N) is 5. The summed E-state index contributed by atoms with van der Waals surface area (Å²) >= 11 is 0. The number of anilines is 1. The second-order valence-corrected chi connectivity index (χ2v) is 17.5. The second-order valence-electron chi connectivity index (χ2n) is 17.5. The van der Waals surface area contributed by atoms with Crippen LogP contribution in [0.5, 0.6) is 0 Å². The van der Waals surface area contributed by atoms with E-state index in [0.29, 0.717) is 11.3 Å². The number of β-amino-alcohol motifs (C(OH)–C–C–N with tert-alkyl or cyclic N) is 1. The third kappa shape index (κ3) is 8.55. The first-order chi connectivity index (χ1) is 26.4. The van der Waals surface area contributed by atoms with Crippen LogP contribution in [0.4, 0.5) is 5.82 Å². The molecule has 2 aromatic carbocycles. The fraction of sp³-hybridized carbons (Fsp3) is 0.587. The molecular weight excluding hydrogens is 669 g/mol. The van der Waals surface area contributed by atoms with Gasteiger partial charge in [0.25, 0.3) is 0 Å². The van der Waals surface area contributed by atoms with Crippen molar-refractivity contribution in [1.82, 2.24) is 24.8 Å². The lowest BCUT2D eigenvalue weighted by Gasteiger charge is -2.56. The van der Waals surface area contributed by atoms with Crippen LogP contribution in [-0.4, -0.2) is 76.4 Å². The minimum Gasteiger partial charge on any atom is -0.395 e. The van der Waals surface area contributed by atoms with Gasteiger partial charge in [0.15, 0.2) is 5.65 Å². The summed E-state index contributed by atoms with van der Waals surface area (Å²) in [5.74, 6) is 4.15. The highest BCUT2D eigenvalue weighted by Gasteiger charge is 2.51. The van der Waals surface area contributed by atoms with E-state index in [1.165, 1.54) is 82.6 Å². The van der Waals surface area contributed by atoms with E-state index in [2.05, 4.69) is 76.6 Å². The Hall–Kier alpha value is -3.75. The van der Waals surface area contributed by atoms with Gasteiger partial charge in [-0.1, -0.05) is 86.7 Å². The van der Waals surface area contributed by atoms with Gasteiger partial charge in [0.05, 0.1) is 18.0 Å². The third-order valence-corrected chi connectivity index (χ3v) is 13.3. The number of piperazine rings is 1. The van der Waals surface area contributed by atoms with Crippen molar-refractivity contribution in [2.24, 2.45) is 23.2 Å². The van der Waals surface area contributed by atoms with Gasteiger partial charge in [0.1, 0.15) is 5.82 Å². The predicted octanol–water partition coefficient (Wildman–Crippen LogP) is 8.48. The lowest BCUT2D eigenvalue weighted by molar-refractivity contribution is -0.129. The van der Waals surface area contributed by atoms with Crippen molar-refractivity contribution in [3.05, 3.63) is 71.9 Å². The highest BCUT2D eigenvalue weighted by atomic mass is 16.3. The number of carbonyl (C=O) groups is 1. The molecule has 8 heteroatoms. The summed E-state index contributed by atoms with van der Waals surface area (Å²) in [7, 11) is 0. The number of aromatic nitrogens is 3. The number of nitrogens with one attached hydrogen (secondary N) is 1. The zero-order chi connectivity index (χ0) is 36.9. The Balaban J connectivity index is 0.794. The summed E-state index contributed by atoms with van der Waals surface area (Å²) in [6.07, 6.45) is 18.8. The number of fused-ring (bicyclic) bond motifs is 1. The standard InChI is InChI=1S/C46H62N6O2/c1-34-44(45-48-41(39-13-9-7-10-14-39)29-43(52(45)49-34)51-22-20-50(21-23-51)24-25-53)40-17-15-35(16-18-40)12-8-5-3-2-4-6-11-19-47-42(54)33-46-30-36-26-37(31-46)28-38(27-36)32-46/h7,9-10,13-18,29,36-38,53H,2-6,8,11-12,19-28,30-33H2,1H3,(H,47,54). The lowest BCUT2D eigenvalue weighted by atomic mass is 9.49. The number of hydrogen-bond donors (Lipinski definition) is 2. The van der Waals surface area contributed by atoms with Crippen LogP contribution < -0.4 is 10.2 Å². The molecule has 5 aliphatic rings. The average molecular weight is 731 g/mol. The normalized spacial score (nSPS) is 23.7. The maximum atomic E-state index is 12.8. The van der Waals surface area contributed by atoms with Crippen molar-refractivity contribution in [1.29, 1.82) is 0 Å². The molecule has 9 rings (SSSR count). The molecule has 8 nitrogen and oxygen atoms in total. The van der Waals surface area contributed by atoms with Gasteiger partial charge in [-0.25, -0.2) is 4.98 Å². The molecule has 4 aromatic rings. The number of rotatable bonds is 17. The van der Waals surface area contributed by atoms with Crippen molar-refractivity contribution in [3.63, 3.8) is 0 Å². The Morgan fingerprint density at radius 3 is 2.13 bits per heavy atom. The molecule has 0 atom stereocenters. The molecule has 5 fully saturated rings. The molecule has 1 amide bonds. The van der Waals surface area contributed by atoms with E-state index in [0.717, 1.165) is 116 Å². The van der Waals surface area contributed by atoms with Crippen molar-refractivity contribution in [3.8, 4) is 22.4 Å². The Kier molecular flexibility index (Phi) is 11.7. The van der Waals surface area contributed by atoms with Crippen LogP contribution in [0, 0.1) is 30.1 Å². The Morgan fingerprint density at radius 2 is 1.46 bits per heavy atom. The van der Waals surface area contributed by atoms with Crippen molar-refractivity contribution in [2.75, 3.05) is 50.8 Å². The minimum absolute atomic E-state index is 0.197. The van der Waals surface area contributed by atoms with E-state index in [-0.39, 0.29) is 6.61 Å². The van der Waals surface area contributed by atoms with Crippen molar-refractivity contribution in [2.45, 2.75) is 103 Å². The van der Waals surface area contributed by atoms with E-state index in [1.807, 2.05) is 10.6 Å². The number of aliphatic hydroxyl groups excluding tert-OH is 1. The molecule has 4 aliphatic carbocycles. The molecule has 2 N–H and O–H groups in total. The van der Waals surface area contributed by atoms with Crippen LogP contribution in [0.25, 0.3) is 28.0 Å². The van der Waals surface area contributed by atoms with Crippen LogP contribution >= 0.6 is 0 Å². The molecule has 0 radical (unpaired) electrons. The maximum Gasteiger partial charge on any atom is 0.220 e. The molecule has 54 heavy (non-hydrogen) atoms. The van der Waals surface area contributed by atoms with Crippen molar-refractivity contribution >= 4 is 17.4 Å². The molecule has 2 aromatic heterocycles. The largest absolute Gasteiger partial charge is 0.395 e. The highest BCUT2D eigenvalue weighted by molar-refractivity contribution is 5.83. The number of unbranched alkanes of at least 4 members (excludes halogenated alkanes) is 6. The lowest BCUT2D eigenvalue weighted by Crippen LogP contribution is -2.48. The van der Waals surface area contributed by atoms with Crippen LogP contribution in [0.2, 0.25) is 0 Å². The van der Waals surface area contributed by atoms with Gasteiger partial charge in [-0.3, -0.25) is 9.69 Å². The summed E-state index contributed by atoms with van der Waals surface area (Å²) < 4.78 is 2.05.